The third-order valence-electron chi connectivity index (χ3n) is 6.94. The van der Waals surface area contributed by atoms with Crippen molar-refractivity contribution in [3.8, 4) is 0 Å². The van der Waals surface area contributed by atoms with Crippen LogP contribution in [0.25, 0.3) is 0 Å². The number of quaternary nitrogens is 1. The second kappa shape index (κ2) is 25.5. The third kappa shape index (κ3) is 28.9. The summed E-state index contributed by atoms with van der Waals surface area (Å²) in [5.41, 5.74) is 0. The highest BCUT2D eigenvalue weighted by atomic mass is 31.2. The van der Waals surface area contributed by atoms with E-state index in [1.54, 1.807) is 6.92 Å². The van der Waals surface area contributed by atoms with Crippen molar-refractivity contribution in [3.05, 3.63) is 0 Å². The van der Waals surface area contributed by atoms with Crippen LogP contribution in [0.1, 0.15) is 136 Å². The molecule has 0 amide bonds. The van der Waals surface area contributed by atoms with Crippen LogP contribution in [-0.2, 0) is 32.7 Å². The molecule has 2 unspecified atom stereocenters. The van der Waals surface area contributed by atoms with Gasteiger partial charge in [0.25, 0.3) is 0 Å². The Morgan fingerprint density at radius 1 is 0.683 bits per heavy atom. The first-order chi connectivity index (χ1) is 19.5. The number of esters is 2. The summed E-state index contributed by atoms with van der Waals surface area (Å²) in [5.74, 6) is -0.892. The summed E-state index contributed by atoms with van der Waals surface area (Å²) in [4.78, 5) is 33.8. The summed E-state index contributed by atoms with van der Waals surface area (Å²) < 4.78 is 33.2. The van der Waals surface area contributed by atoms with Gasteiger partial charge in [-0.3, -0.25) is 18.6 Å². The maximum atomic E-state index is 12.4. The van der Waals surface area contributed by atoms with Crippen LogP contribution in [0.4, 0.5) is 0 Å². The number of carbonyl (C=O) groups excluding carboxylic acids is 2. The summed E-state index contributed by atoms with van der Waals surface area (Å²) in [6.07, 6.45) is 21.0. The average molecular weight is 609 g/mol. The quantitative estimate of drug-likeness (QED) is 0.0398. The molecular formula is C31H63NO8P+. The maximum absolute atomic E-state index is 12.4. The number of likely N-dealkylation sites (N-methyl/N-ethyl adjacent to an activating group) is 1. The number of hydrogen-bond acceptors (Lipinski definition) is 7. The molecule has 0 aliphatic carbocycles. The molecule has 0 aliphatic heterocycles. The number of hydrogen-bond donors (Lipinski definition) is 1. The molecule has 10 heteroatoms. The molecule has 9 nitrogen and oxygen atoms in total. The fraction of sp³-hybridized carbons (Fsp3) is 0.935. The Morgan fingerprint density at radius 2 is 1.15 bits per heavy atom. The molecule has 244 valence electrons. The smallest absolute Gasteiger partial charge is 0.462 e. The highest BCUT2D eigenvalue weighted by Crippen LogP contribution is 2.43. The van der Waals surface area contributed by atoms with Crippen molar-refractivity contribution in [2.75, 3.05) is 47.5 Å². The van der Waals surface area contributed by atoms with Gasteiger partial charge in [-0.25, -0.2) is 4.57 Å². The van der Waals surface area contributed by atoms with Crippen molar-refractivity contribution in [2.45, 2.75) is 142 Å². The zero-order chi connectivity index (χ0) is 30.8. The monoisotopic (exact) mass is 608 g/mol. The molecule has 0 saturated heterocycles. The number of nitrogens with zero attached hydrogens (tertiary/aromatic N) is 1. The van der Waals surface area contributed by atoms with Crippen LogP contribution in [0.15, 0.2) is 0 Å². The van der Waals surface area contributed by atoms with Crippen LogP contribution < -0.4 is 0 Å². The highest BCUT2D eigenvalue weighted by molar-refractivity contribution is 7.47. The number of phosphoric ester groups is 1. The predicted octanol–water partition coefficient (Wildman–Crippen LogP) is 7.73. The molecule has 0 radical (unpaired) electrons. The molecule has 0 aromatic rings. The summed E-state index contributed by atoms with van der Waals surface area (Å²) in [5, 5.41) is 0. The molecule has 0 heterocycles. The van der Waals surface area contributed by atoms with Gasteiger partial charge in [-0.1, -0.05) is 117 Å². The zero-order valence-electron chi connectivity index (χ0n) is 27.0. The average Bonchev–Trinajstić information content (AvgIpc) is 2.90. The van der Waals surface area contributed by atoms with Crippen molar-refractivity contribution >= 4 is 19.8 Å². The molecule has 0 bridgehead atoms. The Balaban J connectivity index is 4.00. The van der Waals surface area contributed by atoms with E-state index >= 15 is 0 Å². The minimum atomic E-state index is -4.33. The van der Waals surface area contributed by atoms with Gasteiger partial charge in [-0.05, 0) is 6.42 Å². The third-order valence-corrected chi connectivity index (χ3v) is 7.93. The van der Waals surface area contributed by atoms with Crippen molar-refractivity contribution in [1.82, 2.24) is 0 Å². The van der Waals surface area contributed by atoms with Crippen LogP contribution in [-0.4, -0.2) is 74.9 Å². The number of unbranched alkanes of at least 4 members (excludes halogenated alkanes) is 16. The molecule has 0 aliphatic rings. The lowest BCUT2D eigenvalue weighted by Crippen LogP contribution is -2.37. The van der Waals surface area contributed by atoms with Gasteiger partial charge in [0.15, 0.2) is 6.10 Å². The maximum Gasteiger partial charge on any atom is 0.472 e. The molecule has 0 saturated carbocycles. The first kappa shape index (κ1) is 40.0. The van der Waals surface area contributed by atoms with E-state index < -0.39 is 32.5 Å². The summed E-state index contributed by atoms with van der Waals surface area (Å²) in [6.45, 7) is 3.82. The number of carbonyl (C=O) groups is 2. The molecule has 0 fully saturated rings. The lowest BCUT2D eigenvalue weighted by molar-refractivity contribution is -0.870. The number of rotatable bonds is 29. The van der Waals surface area contributed by atoms with Crippen molar-refractivity contribution in [1.29, 1.82) is 0 Å². The largest absolute Gasteiger partial charge is 0.472 e. The van der Waals surface area contributed by atoms with Gasteiger partial charge in [0.2, 0.25) is 0 Å². The summed E-state index contributed by atoms with van der Waals surface area (Å²) in [7, 11) is 1.48. The normalized spacial score (nSPS) is 14.0. The zero-order valence-corrected chi connectivity index (χ0v) is 27.9. The van der Waals surface area contributed by atoms with Crippen molar-refractivity contribution in [2.24, 2.45) is 0 Å². The predicted molar refractivity (Wildman–Crippen MR) is 165 cm³/mol. The minimum Gasteiger partial charge on any atom is -0.462 e. The molecular weight excluding hydrogens is 545 g/mol. The second-order valence-electron chi connectivity index (χ2n) is 12.2. The molecule has 0 aromatic carbocycles. The fourth-order valence-corrected chi connectivity index (χ4v) is 5.03. The molecule has 0 rings (SSSR count). The Morgan fingerprint density at radius 3 is 1.59 bits per heavy atom. The SMILES string of the molecule is CCCCCCCCCCCCCCCCCCCC(=O)OC(COC(=O)CC)COP(=O)(O)OCC[N+](C)(C)C. The Hall–Kier alpha value is -0.990. The van der Waals surface area contributed by atoms with Gasteiger partial charge in [0.05, 0.1) is 27.7 Å². The number of ether oxygens (including phenoxy) is 2. The lowest BCUT2D eigenvalue weighted by atomic mass is 10.0. The van der Waals surface area contributed by atoms with Crippen molar-refractivity contribution in [3.63, 3.8) is 0 Å². The van der Waals surface area contributed by atoms with E-state index in [1.807, 2.05) is 21.1 Å². The van der Waals surface area contributed by atoms with Gasteiger partial charge in [0, 0.05) is 12.8 Å². The van der Waals surface area contributed by atoms with Crippen LogP contribution >= 0.6 is 7.82 Å². The Bertz CT molecular complexity index is 698. The van der Waals surface area contributed by atoms with E-state index in [2.05, 4.69) is 6.92 Å². The van der Waals surface area contributed by atoms with Crippen LogP contribution in [0.2, 0.25) is 0 Å². The molecule has 41 heavy (non-hydrogen) atoms. The minimum absolute atomic E-state index is 0.0336. The van der Waals surface area contributed by atoms with E-state index in [4.69, 9.17) is 18.5 Å². The van der Waals surface area contributed by atoms with Crippen molar-refractivity contribution < 1.29 is 42.1 Å². The van der Waals surface area contributed by atoms with Gasteiger partial charge >= 0.3 is 19.8 Å². The van der Waals surface area contributed by atoms with Gasteiger partial charge in [-0.2, -0.15) is 0 Å². The van der Waals surface area contributed by atoms with Gasteiger partial charge in [-0.15, -0.1) is 0 Å². The van der Waals surface area contributed by atoms with E-state index in [1.165, 1.54) is 89.9 Å². The van der Waals surface area contributed by atoms with Gasteiger partial charge in [0.1, 0.15) is 19.8 Å². The standard InChI is InChI=1S/C31H62NO8P/c1-6-8-9-10-11-12-13-14-15-16-17-18-19-20-21-22-23-24-31(34)40-29(27-37-30(33)7-2)28-39-41(35,36)38-26-25-32(3,4)5/h29H,6-28H2,1-5H3/p+1. The van der Waals surface area contributed by atoms with Crippen LogP contribution in [0.3, 0.4) is 0 Å². The number of phosphoric acid groups is 1. The molecule has 2 atom stereocenters. The second-order valence-corrected chi connectivity index (χ2v) is 13.6. The topological polar surface area (TPSA) is 108 Å². The summed E-state index contributed by atoms with van der Waals surface area (Å²) >= 11 is 0. The Kier molecular flexibility index (Phi) is 24.9. The van der Waals surface area contributed by atoms with Crippen LogP contribution in [0.5, 0.6) is 0 Å². The van der Waals surface area contributed by atoms with Gasteiger partial charge < -0.3 is 18.9 Å². The van der Waals surface area contributed by atoms with E-state index in [9.17, 15) is 19.0 Å². The molecule has 0 spiro atoms. The molecule has 1 N–H and O–H groups in total. The summed E-state index contributed by atoms with van der Waals surface area (Å²) in [6, 6.07) is 0. The van der Waals surface area contributed by atoms with Crippen LogP contribution in [0, 0.1) is 0 Å². The lowest BCUT2D eigenvalue weighted by Gasteiger charge is -2.24. The van der Waals surface area contributed by atoms with E-state index in [0.29, 0.717) is 17.4 Å². The van der Waals surface area contributed by atoms with E-state index in [-0.39, 0.29) is 26.1 Å². The van der Waals surface area contributed by atoms with E-state index in [0.717, 1.165) is 12.8 Å². The first-order valence-electron chi connectivity index (χ1n) is 16.3. The fourth-order valence-electron chi connectivity index (χ4n) is 4.29. The molecule has 0 aromatic heterocycles. The highest BCUT2D eigenvalue weighted by Gasteiger charge is 2.26. The Labute approximate surface area is 251 Å². The first-order valence-corrected chi connectivity index (χ1v) is 17.8.